The second kappa shape index (κ2) is 33.7. The molecule has 0 saturated heterocycles. The first-order valence-corrected chi connectivity index (χ1v) is 40.2. The third-order valence-corrected chi connectivity index (χ3v) is 23.9. The van der Waals surface area contributed by atoms with Gasteiger partial charge in [0.2, 0.25) is 63.2 Å². The van der Waals surface area contributed by atoms with E-state index < -0.39 is 458 Å². The number of rotatable bonds is 10. The molecule has 34 N–H and O–H groups in total. The number of phenolic OH excluding ortho intramolecular Hbond substituents is 32. The predicted molar refractivity (Wildman–Crippen MR) is 448 cm³/mol. The van der Waals surface area contributed by atoms with Crippen molar-refractivity contribution < 1.29 is 278 Å². The van der Waals surface area contributed by atoms with Crippen LogP contribution in [-0.2, 0) is 47.4 Å². The molecule has 7 heterocycles. The molecule has 0 aliphatic carbocycles. The van der Waals surface area contributed by atoms with E-state index in [-0.39, 0.29) is 60.7 Å². The van der Waals surface area contributed by atoms with Crippen molar-refractivity contribution in [3.05, 3.63) is 139 Å². The second-order valence-electron chi connectivity index (χ2n) is 32.0. The number of aliphatic hydroxyl groups excluding tert-OH is 1. The van der Waals surface area contributed by atoms with Crippen molar-refractivity contribution in [2.24, 2.45) is 0 Å². The maximum absolute atomic E-state index is 16.8. The number of esters is 10. The Balaban J connectivity index is 0.930. The largest absolute Gasteiger partial charge is 0.504 e. The van der Waals surface area contributed by atoms with Gasteiger partial charge in [-0.1, -0.05) is 0 Å². The van der Waals surface area contributed by atoms with E-state index in [1.807, 2.05) is 0 Å². The number of aromatic hydroxyl groups is 32. The second-order valence-corrected chi connectivity index (χ2v) is 32.0. The summed E-state index contributed by atoms with van der Waals surface area (Å²) in [7, 11) is 0. The highest BCUT2D eigenvalue weighted by atomic mass is 16.7. The summed E-state index contributed by atoms with van der Waals surface area (Å²) in [4.78, 5) is 170. The number of benzene rings is 11. The van der Waals surface area contributed by atoms with E-state index in [0.29, 0.717) is 0 Å². The van der Waals surface area contributed by atoms with E-state index in [4.69, 9.17) is 52.1 Å². The van der Waals surface area contributed by atoms with Gasteiger partial charge in [-0.15, -0.1) is 0 Å². The van der Waals surface area contributed by atoms with Crippen LogP contribution in [0.15, 0.2) is 60.7 Å². The third-order valence-electron chi connectivity index (χ3n) is 23.9. The third kappa shape index (κ3) is 14.4. The highest BCUT2D eigenvalue weighted by Gasteiger charge is 2.60. The van der Waals surface area contributed by atoms with Gasteiger partial charge in [0.05, 0.1) is 61.6 Å². The summed E-state index contributed by atoms with van der Waals surface area (Å²) < 4.78 is 63.8. The standard InChI is InChI=1S/C89H58O56/c90-22-1-13(2-23(91)48(22)99)80(125)138-32-11-136-82(127)20-10-31(137-72-21(79(123)124)9-30(98)55(106)71(72)122)56(107)63(114)37(20)36-16(5-26(94)51(102)59(36)110)84(129)140-73(32)77-75-44(43-45(88(133)142-75)41(64(115)69(120)66(43)117)38-17(86(131)144-77)6-27(95)52(103)60(38)111)40-19(8-29(97)54(105)62(40)113)83(128)139-33-12-135-81(126)14-3-24(92)49(100)57(108)34(14)35-15(4-25(93)50(101)58(35)109)85(130)141-74(33)78-76-68(119)47-46(89(134)143-76)42(65(116)70(121)67(47)118)39-18(87(132)145-78)7-28(96)53(104)61(39)112/h1-10,32-33,44,68,73-78,90-122H,11-12H2,(H,123,124)/t32-,33-,44+,68-,73-,74-,75+,76+,77+,78+/m1/s1. The summed E-state index contributed by atoms with van der Waals surface area (Å²) >= 11 is 0. The van der Waals surface area contributed by atoms with Gasteiger partial charge in [-0.2, -0.15) is 0 Å². The lowest BCUT2D eigenvalue weighted by molar-refractivity contribution is -0.154. The number of carbonyl (C=O) groups excluding carboxylic acids is 10. The quantitative estimate of drug-likeness (QED) is 0.0523. The minimum absolute atomic E-state index is 0.00914. The molecule has 0 saturated carbocycles. The van der Waals surface area contributed by atoms with Gasteiger partial charge in [0.15, 0.2) is 181 Å². The number of phenols is 32. The van der Waals surface area contributed by atoms with Crippen molar-refractivity contribution in [3.8, 4) is 240 Å². The number of hydrogen-bond donors (Lipinski definition) is 34. The maximum Gasteiger partial charge on any atom is 0.339 e. The summed E-state index contributed by atoms with van der Waals surface area (Å²) in [6.45, 7) is -4.28. The number of aromatic carboxylic acids is 1. The van der Waals surface area contributed by atoms with Crippen molar-refractivity contribution in [3.63, 3.8) is 0 Å². The average molecular weight is 2020 g/mol. The van der Waals surface area contributed by atoms with Crippen LogP contribution < -0.4 is 4.74 Å². The first-order valence-electron chi connectivity index (χ1n) is 40.2. The minimum Gasteiger partial charge on any atom is -0.504 e. The van der Waals surface area contributed by atoms with E-state index in [9.17, 15) is 183 Å². The number of fused-ring (bicyclic) bond motifs is 13. The number of carboxylic acids is 1. The number of carbonyl (C=O) groups is 11. The van der Waals surface area contributed by atoms with Gasteiger partial charge in [-0.3, -0.25) is 0 Å². The molecule has 750 valence electrons. The molecule has 11 aromatic rings. The van der Waals surface area contributed by atoms with Crippen LogP contribution in [0.1, 0.15) is 143 Å². The number of cyclic esters (lactones) is 5. The molecule has 11 aromatic carbocycles. The van der Waals surface area contributed by atoms with E-state index in [1.165, 1.54) is 0 Å². The SMILES string of the molecule is O=C(O[C@@H]1COC(=O)c2cc(Oc3c(C(=O)O)cc(O)c(O)c3O)c(O)c(O)c2-c2c(cc(O)c(O)c2O)C(=O)O[C@H]1[C@@H]1OC(=O)c2cc(O)c(O)c(O)c2-c2c(O)c(O)c(O)c3c2C(=O)O[C@H]1[C@H]3c1c(C(=O)O[C@@H]2COC(=O)c3cc(O)c(O)c(O)c3-c3c(cc(O)c(O)c3O)C(=O)O[C@H]2[C@@H]2OC(=O)c3cc(O)c(O)c(O)c3-c3c(O)c(O)c(O)c4c3C(=O)O[C@H]2[C@@H]4O)cc(O)c(O)c1O)c1cc(O)c(O)c(O)c1. The van der Waals surface area contributed by atoms with Crippen LogP contribution in [0.5, 0.6) is 195 Å². The van der Waals surface area contributed by atoms with E-state index in [2.05, 4.69) is 0 Å². The van der Waals surface area contributed by atoms with Crippen LogP contribution in [-0.4, -0.2) is 301 Å². The lowest BCUT2D eigenvalue weighted by Crippen LogP contribution is -2.56. The predicted octanol–water partition coefficient (Wildman–Crippen LogP) is 3.99. The van der Waals surface area contributed by atoms with Crippen LogP contribution in [0.25, 0.3) is 44.5 Å². The fourth-order valence-corrected chi connectivity index (χ4v) is 17.3. The Morgan fingerprint density at radius 1 is 0.248 bits per heavy atom. The van der Waals surface area contributed by atoms with Gasteiger partial charge in [0.25, 0.3) is 0 Å². The zero-order chi connectivity index (χ0) is 106. The fourth-order valence-electron chi connectivity index (χ4n) is 17.3. The average Bonchev–Trinajstić information content (AvgIpc) is 1.49. The van der Waals surface area contributed by atoms with Crippen LogP contribution in [0.2, 0.25) is 0 Å². The Bertz CT molecular complexity index is 7770. The highest BCUT2D eigenvalue weighted by Crippen LogP contribution is 2.65. The minimum atomic E-state index is -3.69. The van der Waals surface area contributed by atoms with Gasteiger partial charge in [-0.25, -0.2) is 52.7 Å². The Morgan fingerprint density at radius 2 is 0.538 bits per heavy atom. The van der Waals surface area contributed by atoms with Crippen molar-refractivity contribution >= 4 is 65.7 Å². The molecule has 0 radical (unpaired) electrons. The number of hydrogen-bond acceptors (Lipinski definition) is 55. The Labute approximate surface area is 793 Å². The number of carboxylic acid groups (broad SMARTS) is 1. The molecular formula is C89H58O56. The zero-order valence-corrected chi connectivity index (χ0v) is 70.6. The Hall–Kier alpha value is -21.0. The van der Waals surface area contributed by atoms with E-state index in [0.717, 1.165) is 0 Å². The molecule has 0 fully saturated rings. The molecule has 7 aliphatic rings. The molecule has 6 bridgehead atoms. The molecule has 0 amide bonds. The first-order chi connectivity index (χ1) is 68.1. The maximum atomic E-state index is 16.8. The van der Waals surface area contributed by atoms with Crippen molar-refractivity contribution in [2.75, 3.05) is 13.2 Å². The monoisotopic (exact) mass is 2020 g/mol. The van der Waals surface area contributed by atoms with Crippen molar-refractivity contribution in [1.82, 2.24) is 0 Å². The summed E-state index contributed by atoms with van der Waals surface area (Å²) in [5.74, 6) is -88.6. The van der Waals surface area contributed by atoms with Gasteiger partial charge in [0.1, 0.15) is 24.9 Å². The lowest BCUT2D eigenvalue weighted by Gasteiger charge is -2.43. The summed E-state index contributed by atoms with van der Waals surface area (Å²) in [5, 5.41) is 391. The van der Waals surface area contributed by atoms with Crippen LogP contribution in [0.4, 0.5) is 0 Å². The number of ether oxygens (including phenoxy) is 11. The van der Waals surface area contributed by atoms with Crippen LogP contribution >= 0.6 is 0 Å². The summed E-state index contributed by atoms with van der Waals surface area (Å²) in [5.41, 5.74) is -34.7. The first kappa shape index (κ1) is 95.7. The van der Waals surface area contributed by atoms with E-state index in [1.54, 1.807) is 0 Å². The molecule has 56 nitrogen and oxygen atoms in total. The van der Waals surface area contributed by atoms with Gasteiger partial charge < -0.3 is 226 Å². The fraction of sp³-hybridized carbons (Fsp3) is 0.135. The molecule has 10 atom stereocenters. The highest BCUT2D eigenvalue weighted by molar-refractivity contribution is 6.15. The number of aliphatic hydroxyl groups is 1. The van der Waals surface area contributed by atoms with Crippen LogP contribution in [0, 0.1) is 0 Å². The van der Waals surface area contributed by atoms with Gasteiger partial charge in [0, 0.05) is 73.3 Å². The van der Waals surface area contributed by atoms with Crippen molar-refractivity contribution in [2.45, 2.75) is 60.9 Å². The molecular weight excluding hydrogens is 1960 g/mol. The van der Waals surface area contributed by atoms with Crippen molar-refractivity contribution in [1.29, 1.82) is 0 Å². The zero-order valence-electron chi connectivity index (χ0n) is 70.6. The summed E-state index contributed by atoms with van der Waals surface area (Å²) in [6, 6.07) is 1.20. The topological polar surface area (TPSA) is 977 Å². The molecule has 0 unspecified atom stereocenters. The van der Waals surface area contributed by atoms with Crippen LogP contribution in [0.3, 0.4) is 0 Å². The molecule has 145 heavy (non-hydrogen) atoms. The smallest absolute Gasteiger partial charge is 0.339 e. The Kier molecular flexibility index (Phi) is 22.2. The lowest BCUT2D eigenvalue weighted by atomic mass is 9.73. The molecule has 18 rings (SSSR count). The molecule has 0 aromatic heterocycles. The molecule has 7 aliphatic heterocycles. The summed E-state index contributed by atoms with van der Waals surface area (Å²) in [6.07, 6.45) is -30.8. The normalized spacial score (nSPS) is 19.3. The van der Waals surface area contributed by atoms with Gasteiger partial charge >= 0.3 is 65.7 Å². The molecule has 0 spiro atoms. The van der Waals surface area contributed by atoms with E-state index >= 15 is 43.2 Å². The molecule has 56 heteroatoms. The van der Waals surface area contributed by atoms with Gasteiger partial charge in [-0.05, 0) is 48.5 Å². The Morgan fingerprint density at radius 3 is 0.945 bits per heavy atom.